The monoisotopic (exact) mass is 331 g/mol. The molecule has 1 aromatic rings. The molecule has 1 fully saturated rings. The molecule has 2 rings (SSSR count). The number of likely N-dealkylation sites (N-methyl/N-ethyl adjacent to an activating group) is 1. The van der Waals surface area contributed by atoms with Crippen molar-refractivity contribution in [1.29, 1.82) is 0 Å². The average Bonchev–Trinajstić information content (AvgIpc) is 2.71. The number of benzene rings is 1. The number of carbonyl (C=O) groups excluding carboxylic acids is 3. The molecule has 24 heavy (non-hydrogen) atoms. The van der Waals surface area contributed by atoms with Gasteiger partial charge in [0.15, 0.2) is 0 Å². The Morgan fingerprint density at radius 1 is 1.17 bits per heavy atom. The zero-order valence-electron chi connectivity index (χ0n) is 15.1. The maximum absolute atomic E-state index is 12.7. The van der Waals surface area contributed by atoms with Crippen LogP contribution in [0.4, 0.5) is 4.79 Å². The molecule has 1 heterocycles. The summed E-state index contributed by atoms with van der Waals surface area (Å²) in [6.45, 7) is 7.75. The van der Waals surface area contributed by atoms with Crippen LogP contribution in [0, 0.1) is 0 Å². The van der Waals surface area contributed by atoms with Gasteiger partial charge in [0.1, 0.15) is 12.1 Å². The Labute approximate surface area is 142 Å². The Morgan fingerprint density at radius 3 is 2.17 bits per heavy atom. The second kappa shape index (κ2) is 5.92. The van der Waals surface area contributed by atoms with E-state index in [2.05, 4.69) is 26.1 Å². The molecule has 0 unspecified atom stereocenters. The second-order valence-corrected chi connectivity index (χ2v) is 7.56. The highest BCUT2D eigenvalue weighted by molar-refractivity contribution is 6.09. The highest BCUT2D eigenvalue weighted by atomic mass is 16.2. The third-order valence-electron chi connectivity index (χ3n) is 4.40. The van der Waals surface area contributed by atoms with Gasteiger partial charge >= 0.3 is 6.03 Å². The van der Waals surface area contributed by atoms with Crippen LogP contribution in [0.3, 0.4) is 0 Å². The molecule has 0 spiro atoms. The fraction of sp³-hybridized carbons (Fsp3) is 0.500. The van der Waals surface area contributed by atoms with Crippen LogP contribution in [-0.2, 0) is 20.5 Å². The largest absolute Gasteiger partial charge is 0.347 e. The summed E-state index contributed by atoms with van der Waals surface area (Å²) in [5.74, 6) is -0.711. The van der Waals surface area contributed by atoms with Crippen molar-refractivity contribution in [3.05, 3.63) is 35.4 Å². The van der Waals surface area contributed by atoms with Crippen LogP contribution >= 0.6 is 0 Å². The first-order chi connectivity index (χ1) is 11.0. The first-order valence-electron chi connectivity index (χ1n) is 7.92. The Hall–Kier alpha value is -2.37. The fourth-order valence-electron chi connectivity index (χ4n) is 2.62. The van der Waals surface area contributed by atoms with Crippen LogP contribution in [0.25, 0.3) is 0 Å². The van der Waals surface area contributed by atoms with E-state index in [9.17, 15) is 14.4 Å². The number of rotatable bonds is 3. The fourth-order valence-corrected chi connectivity index (χ4v) is 2.62. The van der Waals surface area contributed by atoms with E-state index in [1.165, 1.54) is 4.90 Å². The number of nitrogens with one attached hydrogen (secondary N) is 1. The van der Waals surface area contributed by atoms with Gasteiger partial charge in [0.25, 0.3) is 5.91 Å². The second-order valence-electron chi connectivity index (χ2n) is 7.56. The molecule has 1 aliphatic rings. The van der Waals surface area contributed by atoms with Gasteiger partial charge in [-0.05, 0) is 23.5 Å². The van der Waals surface area contributed by atoms with E-state index < -0.39 is 17.5 Å². The lowest BCUT2D eigenvalue weighted by molar-refractivity contribution is -0.137. The molecule has 0 aromatic heterocycles. The molecule has 1 aromatic carbocycles. The third-order valence-corrected chi connectivity index (χ3v) is 4.40. The highest BCUT2D eigenvalue weighted by Gasteiger charge is 2.49. The van der Waals surface area contributed by atoms with Crippen molar-refractivity contribution < 1.29 is 14.4 Å². The summed E-state index contributed by atoms with van der Waals surface area (Å²) in [6, 6.07) is 7.10. The summed E-state index contributed by atoms with van der Waals surface area (Å²) in [5, 5.41) is 2.72. The van der Waals surface area contributed by atoms with E-state index in [4.69, 9.17) is 0 Å². The molecular formula is C18H25N3O3. The predicted octanol–water partition coefficient (Wildman–Crippen LogP) is 1.84. The van der Waals surface area contributed by atoms with Gasteiger partial charge in [0, 0.05) is 14.1 Å². The summed E-state index contributed by atoms with van der Waals surface area (Å²) in [5.41, 5.74) is 0.701. The molecule has 1 N–H and O–H groups in total. The smallest absolute Gasteiger partial charge is 0.325 e. The van der Waals surface area contributed by atoms with E-state index in [0.717, 1.165) is 10.5 Å². The summed E-state index contributed by atoms with van der Waals surface area (Å²) in [6.07, 6.45) is 0. The average molecular weight is 331 g/mol. The molecule has 6 heteroatoms. The molecule has 1 aliphatic heterocycles. The Kier molecular flexibility index (Phi) is 4.44. The minimum atomic E-state index is -1.15. The first kappa shape index (κ1) is 18.0. The predicted molar refractivity (Wildman–Crippen MR) is 91.4 cm³/mol. The van der Waals surface area contributed by atoms with Gasteiger partial charge in [-0.15, -0.1) is 0 Å². The minimum Gasteiger partial charge on any atom is -0.347 e. The topological polar surface area (TPSA) is 69.7 Å². The van der Waals surface area contributed by atoms with Gasteiger partial charge in [-0.1, -0.05) is 45.0 Å². The van der Waals surface area contributed by atoms with Crippen LogP contribution in [0.5, 0.6) is 0 Å². The van der Waals surface area contributed by atoms with Crippen molar-refractivity contribution in [1.82, 2.24) is 15.1 Å². The maximum Gasteiger partial charge on any atom is 0.325 e. The number of carbonyl (C=O) groups is 3. The molecule has 4 amide bonds. The number of hydrogen-bond acceptors (Lipinski definition) is 3. The molecule has 1 atom stereocenters. The number of nitrogens with zero attached hydrogens (tertiary/aromatic N) is 2. The molecule has 130 valence electrons. The van der Waals surface area contributed by atoms with Crippen molar-refractivity contribution in [3.8, 4) is 0 Å². The molecular weight excluding hydrogens is 306 g/mol. The van der Waals surface area contributed by atoms with E-state index in [1.807, 2.05) is 24.3 Å². The summed E-state index contributed by atoms with van der Waals surface area (Å²) in [7, 11) is 3.18. The van der Waals surface area contributed by atoms with Gasteiger partial charge in [-0.25, -0.2) is 4.79 Å². The van der Waals surface area contributed by atoms with Crippen LogP contribution < -0.4 is 5.32 Å². The minimum absolute atomic E-state index is 0.00648. The van der Waals surface area contributed by atoms with Crippen LogP contribution in [0.2, 0.25) is 0 Å². The Balaban J connectivity index is 2.29. The number of hydrogen-bond donors (Lipinski definition) is 1. The van der Waals surface area contributed by atoms with Gasteiger partial charge in [0.2, 0.25) is 5.91 Å². The third kappa shape index (κ3) is 3.13. The SMILES string of the molecule is CN(C)C(=O)CN1C(=O)N[C@](C)(c2ccc(C(C)(C)C)cc2)C1=O. The number of amides is 4. The molecule has 0 saturated carbocycles. The molecule has 1 saturated heterocycles. The zero-order valence-corrected chi connectivity index (χ0v) is 15.1. The summed E-state index contributed by atoms with van der Waals surface area (Å²) >= 11 is 0. The van der Waals surface area contributed by atoms with Crippen LogP contribution in [-0.4, -0.2) is 48.3 Å². The summed E-state index contributed by atoms with van der Waals surface area (Å²) in [4.78, 5) is 39.1. The lowest BCUT2D eigenvalue weighted by Crippen LogP contribution is -2.43. The number of imide groups is 1. The zero-order chi connectivity index (χ0) is 18.3. The Bertz CT molecular complexity index is 674. The van der Waals surface area contributed by atoms with Gasteiger partial charge in [0.05, 0.1) is 0 Å². The van der Waals surface area contributed by atoms with Crippen molar-refractivity contribution in [2.24, 2.45) is 0 Å². The van der Waals surface area contributed by atoms with Crippen molar-refractivity contribution in [2.75, 3.05) is 20.6 Å². The molecule has 0 bridgehead atoms. The Morgan fingerprint density at radius 2 is 1.71 bits per heavy atom. The quantitative estimate of drug-likeness (QED) is 0.859. The van der Waals surface area contributed by atoms with Crippen molar-refractivity contribution in [2.45, 2.75) is 38.6 Å². The van der Waals surface area contributed by atoms with Crippen LogP contribution in [0.15, 0.2) is 24.3 Å². The molecule has 6 nitrogen and oxygen atoms in total. The molecule has 0 aliphatic carbocycles. The highest BCUT2D eigenvalue weighted by Crippen LogP contribution is 2.31. The van der Waals surface area contributed by atoms with Gasteiger partial charge < -0.3 is 10.2 Å². The number of urea groups is 1. The first-order valence-corrected chi connectivity index (χ1v) is 7.92. The maximum atomic E-state index is 12.7. The van der Waals surface area contributed by atoms with Crippen LogP contribution in [0.1, 0.15) is 38.8 Å². The van der Waals surface area contributed by atoms with Gasteiger partial charge in [-0.3, -0.25) is 14.5 Å². The van der Waals surface area contributed by atoms with E-state index in [0.29, 0.717) is 5.56 Å². The van der Waals surface area contributed by atoms with E-state index in [1.54, 1.807) is 21.0 Å². The van der Waals surface area contributed by atoms with E-state index >= 15 is 0 Å². The van der Waals surface area contributed by atoms with Crippen molar-refractivity contribution >= 4 is 17.8 Å². The standard InChI is InChI=1S/C18H25N3O3/c1-17(2,3)12-7-9-13(10-8-12)18(4)15(23)21(16(24)19-18)11-14(22)20(5)6/h7-10H,11H2,1-6H3,(H,19,24)/t18-/m1/s1. The molecule has 0 radical (unpaired) electrons. The van der Waals surface area contributed by atoms with Gasteiger partial charge in [-0.2, -0.15) is 0 Å². The van der Waals surface area contributed by atoms with Crippen molar-refractivity contribution in [3.63, 3.8) is 0 Å². The lowest BCUT2D eigenvalue weighted by atomic mass is 9.84. The van der Waals surface area contributed by atoms with E-state index in [-0.39, 0.29) is 17.9 Å². The normalized spacial score (nSPS) is 21.0. The lowest BCUT2D eigenvalue weighted by Gasteiger charge is -2.24. The summed E-state index contributed by atoms with van der Waals surface area (Å²) < 4.78 is 0.